The quantitative estimate of drug-likeness (QED) is 0.521. The fraction of sp³-hybridized carbons (Fsp3) is 0.261. The van der Waals surface area contributed by atoms with Gasteiger partial charge in [0.25, 0.3) is 5.91 Å². The monoisotopic (exact) mass is 387 g/mol. The Kier molecular flexibility index (Phi) is 4.39. The van der Waals surface area contributed by atoms with E-state index in [0.717, 1.165) is 46.5 Å². The average Bonchev–Trinajstić information content (AvgIpc) is 3.22. The summed E-state index contributed by atoms with van der Waals surface area (Å²) in [4.78, 5) is 24.0. The highest BCUT2D eigenvalue weighted by Crippen LogP contribution is 2.30. The molecule has 3 heterocycles. The number of rotatable bonds is 3. The summed E-state index contributed by atoms with van der Waals surface area (Å²) in [5, 5.41) is 0.954. The van der Waals surface area contributed by atoms with E-state index >= 15 is 0 Å². The van der Waals surface area contributed by atoms with Crippen LogP contribution < -0.4 is 4.74 Å². The van der Waals surface area contributed by atoms with Gasteiger partial charge in [0.2, 0.25) is 0 Å². The van der Waals surface area contributed by atoms with Crippen molar-refractivity contribution >= 4 is 27.9 Å². The van der Waals surface area contributed by atoms with E-state index < -0.39 is 0 Å². The van der Waals surface area contributed by atoms with E-state index in [-0.39, 0.29) is 11.8 Å². The van der Waals surface area contributed by atoms with Crippen LogP contribution in [0.1, 0.15) is 35.1 Å². The Balaban J connectivity index is 1.30. The summed E-state index contributed by atoms with van der Waals surface area (Å²) in [5.74, 6) is 1.76. The van der Waals surface area contributed by atoms with Crippen molar-refractivity contribution in [1.29, 1.82) is 0 Å². The molecule has 0 N–H and O–H groups in total. The molecule has 4 aromatic rings. The zero-order valence-corrected chi connectivity index (χ0v) is 16.2. The molecule has 6 heteroatoms. The van der Waals surface area contributed by atoms with Gasteiger partial charge >= 0.3 is 0 Å². The van der Waals surface area contributed by atoms with Crippen LogP contribution in [-0.4, -0.2) is 41.0 Å². The lowest BCUT2D eigenvalue weighted by Crippen LogP contribution is -2.38. The number of pyridine rings is 1. The number of para-hydroxylation sites is 2. The van der Waals surface area contributed by atoms with Gasteiger partial charge in [0.15, 0.2) is 11.5 Å². The predicted molar refractivity (Wildman–Crippen MR) is 110 cm³/mol. The minimum absolute atomic E-state index is 0.0290. The van der Waals surface area contributed by atoms with Crippen LogP contribution in [-0.2, 0) is 0 Å². The highest BCUT2D eigenvalue weighted by molar-refractivity contribution is 5.95. The number of likely N-dealkylation sites (tertiary alicyclic amines) is 1. The second-order valence-electron chi connectivity index (χ2n) is 7.34. The lowest BCUT2D eigenvalue weighted by atomic mass is 9.96. The lowest BCUT2D eigenvalue weighted by Gasteiger charge is -2.30. The Bertz CT molecular complexity index is 1160. The van der Waals surface area contributed by atoms with E-state index in [1.165, 1.54) is 0 Å². The molecule has 0 atom stereocenters. The molecule has 1 aliphatic heterocycles. The van der Waals surface area contributed by atoms with Crippen LogP contribution in [0.4, 0.5) is 0 Å². The minimum Gasteiger partial charge on any atom is -0.497 e. The largest absolute Gasteiger partial charge is 0.497 e. The number of carbonyl (C=O) groups excluding carboxylic acids is 1. The van der Waals surface area contributed by atoms with E-state index in [2.05, 4.69) is 9.97 Å². The van der Waals surface area contributed by atoms with Gasteiger partial charge in [-0.15, -0.1) is 0 Å². The molecule has 0 bridgehead atoms. The van der Waals surface area contributed by atoms with Crippen molar-refractivity contribution in [3.05, 3.63) is 66.2 Å². The topological polar surface area (TPSA) is 68.5 Å². The predicted octanol–water partition coefficient (Wildman–Crippen LogP) is 4.40. The van der Waals surface area contributed by atoms with Crippen LogP contribution in [0.3, 0.4) is 0 Å². The minimum atomic E-state index is -0.0290. The molecule has 1 amide bonds. The van der Waals surface area contributed by atoms with Gasteiger partial charge in [-0.3, -0.25) is 4.79 Å². The number of ether oxygens (including phenoxy) is 1. The Morgan fingerprint density at radius 3 is 2.66 bits per heavy atom. The van der Waals surface area contributed by atoms with E-state index in [9.17, 15) is 4.79 Å². The zero-order chi connectivity index (χ0) is 19.8. The number of piperidine rings is 1. The third-order valence-corrected chi connectivity index (χ3v) is 5.56. The molecule has 1 saturated heterocycles. The number of oxazole rings is 1. The first-order valence-electron chi connectivity index (χ1n) is 9.81. The first kappa shape index (κ1) is 17.7. The highest BCUT2D eigenvalue weighted by Gasteiger charge is 2.28. The number of amides is 1. The smallest absolute Gasteiger partial charge is 0.272 e. The van der Waals surface area contributed by atoms with E-state index in [1.807, 2.05) is 53.4 Å². The molecule has 0 spiro atoms. The third-order valence-electron chi connectivity index (χ3n) is 5.56. The van der Waals surface area contributed by atoms with Crippen LogP contribution >= 0.6 is 0 Å². The van der Waals surface area contributed by atoms with Crippen LogP contribution in [0.25, 0.3) is 22.0 Å². The molecule has 2 aromatic carbocycles. The van der Waals surface area contributed by atoms with E-state index in [4.69, 9.17) is 9.15 Å². The Labute approximate surface area is 168 Å². The first-order chi connectivity index (χ1) is 14.2. The molecule has 0 saturated carbocycles. The molecule has 0 aliphatic carbocycles. The summed E-state index contributed by atoms with van der Waals surface area (Å²) < 4.78 is 11.2. The van der Waals surface area contributed by atoms with Crippen LogP contribution in [0.5, 0.6) is 5.75 Å². The average molecular weight is 387 g/mol. The fourth-order valence-corrected chi connectivity index (χ4v) is 3.91. The number of benzene rings is 2. The molecular formula is C23H21N3O3. The highest BCUT2D eigenvalue weighted by atomic mass is 16.5. The summed E-state index contributed by atoms with van der Waals surface area (Å²) in [7, 11) is 1.64. The summed E-state index contributed by atoms with van der Waals surface area (Å²) in [6.45, 7) is 1.34. The van der Waals surface area contributed by atoms with E-state index in [0.29, 0.717) is 18.8 Å². The molecule has 6 nitrogen and oxygen atoms in total. The maximum absolute atomic E-state index is 13.0. The maximum Gasteiger partial charge on any atom is 0.272 e. The van der Waals surface area contributed by atoms with Crippen molar-refractivity contribution in [3.63, 3.8) is 0 Å². The Morgan fingerprint density at radius 2 is 1.86 bits per heavy atom. The molecule has 1 aliphatic rings. The van der Waals surface area contributed by atoms with Gasteiger partial charge in [-0.05, 0) is 49.2 Å². The van der Waals surface area contributed by atoms with Crippen molar-refractivity contribution in [2.45, 2.75) is 18.8 Å². The fourth-order valence-electron chi connectivity index (χ4n) is 3.91. The second-order valence-corrected chi connectivity index (χ2v) is 7.34. The summed E-state index contributed by atoms with van der Waals surface area (Å²) in [6, 6.07) is 17.2. The third kappa shape index (κ3) is 3.31. The lowest BCUT2D eigenvalue weighted by molar-refractivity contribution is 0.0701. The molecule has 29 heavy (non-hydrogen) atoms. The van der Waals surface area contributed by atoms with Gasteiger partial charge in [0.1, 0.15) is 17.0 Å². The number of carbonyl (C=O) groups is 1. The van der Waals surface area contributed by atoms with Crippen molar-refractivity contribution in [2.24, 2.45) is 0 Å². The number of fused-ring (bicyclic) bond motifs is 2. The van der Waals surface area contributed by atoms with Gasteiger partial charge in [-0.2, -0.15) is 0 Å². The molecule has 146 valence electrons. The van der Waals surface area contributed by atoms with Crippen molar-refractivity contribution in [2.75, 3.05) is 20.2 Å². The van der Waals surface area contributed by atoms with Crippen LogP contribution in [0.15, 0.2) is 59.0 Å². The molecule has 1 fully saturated rings. The van der Waals surface area contributed by atoms with Gasteiger partial charge in [-0.1, -0.05) is 18.2 Å². The number of hydrogen-bond acceptors (Lipinski definition) is 5. The van der Waals surface area contributed by atoms with Crippen LogP contribution in [0, 0.1) is 0 Å². The van der Waals surface area contributed by atoms with E-state index in [1.54, 1.807) is 13.2 Å². The molecule has 2 aromatic heterocycles. The van der Waals surface area contributed by atoms with Gasteiger partial charge < -0.3 is 14.1 Å². The maximum atomic E-state index is 13.0. The summed E-state index contributed by atoms with van der Waals surface area (Å²) in [5.41, 5.74) is 2.97. The normalized spacial score (nSPS) is 15.1. The number of aromatic nitrogens is 2. The van der Waals surface area contributed by atoms with Gasteiger partial charge in [0.05, 0.1) is 12.6 Å². The van der Waals surface area contributed by atoms with Crippen molar-refractivity contribution in [1.82, 2.24) is 14.9 Å². The molecular weight excluding hydrogens is 366 g/mol. The number of methoxy groups -OCH3 is 1. The van der Waals surface area contributed by atoms with Crippen molar-refractivity contribution < 1.29 is 13.9 Å². The number of hydrogen-bond donors (Lipinski definition) is 0. The van der Waals surface area contributed by atoms with Crippen molar-refractivity contribution in [3.8, 4) is 5.75 Å². The second kappa shape index (κ2) is 7.20. The Morgan fingerprint density at radius 1 is 1.03 bits per heavy atom. The Hall–Kier alpha value is -3.41. The molecule has 0 radical (unpaired) electrons. The first-order valence-corrected chi connectivity index (χ1v) is 9.81. The number of nitrogens with zero attached hydrogens (tertiary/aromatic N) is 3. The van der Waals surface area contributed by atoms with Gasteiger partial charge in [-0.25, -0.2) is 9.97 Å². The summed E-state index contributed by atoms with van der Waals surface area (Å²) >= 11 is 0. The zero-order valence-electron chi connectivity index (χ0n) is 16.2. The summed E-state index contributed by atoms with van der Waals surface area (Å²) in [6.07, 6.45) is 1.67. The SMILES string of the molecule is COc1ccc2nc(C(=O)N3CCC(c4nc5ccccc5o4)CC3)ccc2c1. The van der Waals surface area contributed by atoms with Gasteiger partial charge in [0, 0.05) is 24.4 Å². The molecule has 0 unspecified atom stereocenters. The van der Waals surface area contributed by atoms with Crippen LogP contribution in [0.2, 0.25) is 0 Å². The standard InChI is InChI=1S/C23H21N3O3/c1-28-17-7-9-18-16(14-17)6-8-20(24-18)23(27)26-12-10-15(11-13-26)22-25-19-4-2-3-5-21(19)29-22/h2-9,14-15H,10-13H2,1H3. The molecule has 5 rings (SSSR count).